The average Bonchev–Trinajstić information content (AvgIpc) is 2.85. The number of halogens is 2. The maximum atomic E-state index is 13.7. The number of benzene rings is 1. The lowest BCUT2D eigenvalue weighted by molar-refractivity contribution is 0.498. The van der Waals surface area contributed by atoms with Crippen LogP contribution in [0.4, 0.5) is 8.78 Å². The summed E-state index contributed by atoms with van der Waals surface area (Å²) in [5.74, 6) is -0.827. The molecule has 0 aliphatic rings. The molecule has 0 aliphatic heterocycles. The van der Waals surface area contributed by atoms with Crippen LogP contribution in [-0.2, 0) is 6.42 Å². The van der Waals surface area contributed by atoms with Crippen molar-refractivity contribution in [3.63, 3.8) is 0 Å². The van der Waals surface area contributed by atoms with Gasteiger partial charge in [0, 0.05) is 11.6 Å². The van der Waals surface area contributed by atoms with Gasteiger partial charge in [-0.15, -0.1) is 0 Å². The van der Waals surface area contributed by atoms with Crippen LogP contribution in [0.1, 0.15) is 24.1 Å². The highest BCUT2D eigenvalue weighted by Crippen LogP contribution is 2.22. The molecular weight excluding hydrogens is 236 g/mol. The van der Waals surface area contributed by atoms with E-state index < -0.39 is 11.6 Å². The van der Waals surface area contributed by atoms with Gasteiger partial charge in [-0.3, -0.25) is 0 Å². The van der Waals surface area contributed by atoms with Crippen molar-refractivity contribution in [1.82, 2.24) is 5.32 Å². The van der Waals surface area contributed by atoms with E-state index in [1.54, 1.807) is 12.5 Å². The predicted molar refractivity (Wildman–Crippen MR) is 65.2 cm³/mol. The first-order valence-electron chi connectivity index (χ1n) is 5.90. The SMILES string of the molecule is CCNC(Cc1ccoc1)c1cc(F)ccc1F. The molecule has 2 rings (SSSR count). The monoisotopic (exact) mass is 251 g/mol. The Morgan fingerprint density at radius 2 is 2.11 bits per heavy atom. The molecule has 0 spiro atoms. The fourth-order valence-electron chi connectivity index (χ4n) is 1.96. The van der Waals surface area contributed by atoms with E-state index in [1.807, 2.05) is 13.0 Å². The van der Waals surface area contributed by atoms with E-state index in [2.05, 4.69) is 5.32 Å². The van der Waals surface area contributed by atoms with Crippen LogP contribution >= 0.6 is 0 Å². The number of hydrogen-bond acceptors (Lipinski definition) is 2. The molecule has 0 saturated heterocycles. The first kappa shape index (κ1) is 12.8. The van der Waals surface area contributed by atoms with Gasteiger partial charge in [-0.25, -0.2) is 8.78 Å². The van der Waals surface area contributed by atoms with Gasteiger partial charge in [0.1, 0.15) is 11.6 Å². The topological polar surface area (TPSA) is 25.2 Å². The molecule has 1 atom stereocenters. The third kappa shape index (κ3) is 2.96. The van der Waals surface area contributed by atoms with Crippen molar-refractivity contribution in [2.75, 3.05) is 6.54 Å². The third-order valence-electron chi connectivity index (χ3n) is 2.80. The molecule has 2 nitrogen and oxygen atoms in total. The summed E-state index contributed by atoms with van der Waals surface area (Å²) in [6, 6.07) is 5.08. The summed E-state index contributed by atoms with van der Waals surface area (Å²) >= 11 is 0. The molecule has 1 N–H and O–H groups in total. The number of nitrogens with one attached hydrogen (secondary N) is 1. The van der Waals surface area contributed by atoms with Gasteiger partial charge in [0.05, 0.1) is 12.5 Å². The molecule has 1 aromatic heterocycles. The summed E-state index contributed by atoms with van der Waals surface area (Å²) in [5, 5.41) is 3.16. The first-order valence-corrected chi connectivity index (χ1v) is 5.90. The number of hydrogen-bond donors (Lipinski definition) is 1. The van der Waals surface area contributed by atoms with E-state index in [0.29, 0.717) is 18.5 Å². The van der Waals surface area contributed by atoms with E-state index in [9.17, 15) is 8.78 Å². The molecule has 18 heavy (non-hydrogen) atoms. The Hall–Kier alpha value is -1.68. The van der Waals surface area contributed by atoms with E-state index >= 15 is 0 Å². The summed E-state index contributed by atoms with van der Waals surface area (Å²) in [6.07, 6.45) is 3.74. The van der Waals surface area contributed by atoms with Crippen molar-refractivity contribution in [3.05, 3.63) is 59.6 Å². The zero-order valence-corrected chi connectivity index (χ0v) is 10.1. The van der Waals surface area contributed by atoms with Crippen molar-refractivity contribution in [3.8, 4) is 0 Å². The van der Waals surface area contributed by atoms with Crippen molar-refractivity contribution in [1.29, 1.82) is 0 Å². The summed E-state index contributed by atoms with van der Waals surface area (Å²) < 4.78 is 31.9. The highest BCUT2D eigenvalue weighted by Gasteiger charge is 2.16. The lowest BCUT2D eigenvalue weighted by Gasteiger charge is -2.18. The molecule has 1 heterocycles. The number of furan rings is 1. The summed E-state index contributed by atoms with van der Waals surface area (Å²) in [5.41, 5.74) is 1.29. The fourth-order valence-corrected chi connectivity index (χ4v) is 1.96. The Labute approximate surface area is 105 Å². The molecule has 0 amide bonds. The van der Waals surface area contributed by atoms with E-state index in [0.717, 1.165) is 17.7 Å². The van der Waals surface area contributed by atoms with Crippen molar-refractivity contribution >= 4 is 0 Å². The second-order valence-corrected chi connectivity index (χ2v) is 4.11. The lowest BCUT2D eigenvalue weighted by atomic mass is 10.00. The van der Waals surface area contributed by atoms with Crippen LogP contribution in [0.15, 0.2) is 41.2 Å². The normalized spacial score (nSPS) is 12.6. The molecular formula is C14H15F2NO. The largest absolute Gasteiger partial charge is 0.472 e. The van der Waals surface area contributed by atoms with Crippen LogP contribution < -0.4 is 5.32 Å². The van der Waals surface area contributed by atoms with Crippen LogP contribution in [0.25, 0.3) is 0 Å². The fraction of sp³-hybridized carbons (Fsp3) is 0.286. The second kappa shape index (κ2) is 5.78. The van der Waals surface area contributed by atoms with E-state index in [1.165, 1.54) is 6.07 Å². The first-order chi connectivity index (χ1) is 8.70. The minimum atomic E-state index is -0.429. The average molecular weight is 251 g/mol. The van der Waals surface area contributed by atoms with Gasteiger partial charge in [0.25, 0.3) is 0 Å². The Kier molecular flexibility index (Phi) is 4.10. The molecule has 4 heteroatoms. The zero-order chi connectivity index (χ0) is 13.0. The van der Waals surface area contributed by atoms with Crippen LogP contribution in [0, 0.1) is 11.6 Å². The maximum Gasteiger partial charge on any atom is 0.128 e. The van der Waals surface area contributed by atoms with Crippen LogP contribution in [0.5, 0.6) is 0 Å². The third-order valence-corrected chi connectivity index (χ3v) is 2.80. The second-order valence-electron chi connectivity index (χ2n) is 4.11. The van der Waals surface area contributed by atoms with Crippen LogP contribution in [0.2, 0.25) is 0 Å². The van der Waals surface area contributed by atoms with Crippen molar-refractivity contribution in [2.45, 2.75) is 19.4 Å². The lowest BCUT2D eigenvalue weighted by Crippen LogP contribution is -2.24. The molecule has 0 radical (unpaired) electrons. The van der Waals surface area contributed by atoms with Gasteiger partial charge in [-0.05, 0) is 42.8 Å². The highest BCUT2D eigenvalue weighted by molar-refractivity contribution is 5.24. The molecule has 1 aromatic carbocycles. The summed E-state index contributed by atoms with van der Waals surface area (Å²) in [7, 11) is 0. The summed E-state index contributed by atoms with van der Waals surface area (Å²) in [6.45, 7) is 2.61. The number of likely N-dealkylation sites (N-methyl/N-ethyl adjacent to an activating group) is 1. The molecule has 0 fully saturated rings. The quantitative estimate of drug-likeness (QED) is 0.880. The van der Waals surface area contributed by atoms with Gasteiger partial charge in [0.15, 0.2) is 0 Å². The smallest absolute Gasteiger partial charge is 0.128 e. The standard InChI is InChI=1S/C14H15F2NO/c1-2-17-14(7-10-5-6-18-9-10)12-8-11(15)3-4-13(12)16/h3-6,8-9,14,17H,2,7H2,1H3. The van der Waals surface area contributed by atoms with Crippen LogP contribution in [-0.4, -0.2) is 6.54 Å². The van der Waals surface area contributed by atoms with Crippen molar-refractivity contribution < 1.29 is 13.2 Å². The minimum Gasteiger partial charge on any atom is -0.472 e. The molecule has 96 valence electrons. The molecule has 0 bridgehead atoms. The van der Waals surface area contributed by atoms with E-state index in [4.69, 9.17) is 4.42 Å². The Morgan fingerprint density at radius 1 is 1.28 bits per heavy atom. The van der Waals surface area contributed by atoms with Gasteiger partial charge in [-0.1, -0.05) is 6.92 Å². The van der Waals surface area contributed by atoms with Gasteiger partial charge in [-0.2, -0.15) is 0 Å². The molecule has 2 aromatic rings. The van der Waals surface area contributed by atoms with E-state index in [-0.39, 0.29) is 6.04 Å². The minimum absolute atomic E-state index is 0.261. The molecule has 1 unspecified atom stereocenters. The molecule has 0 saturated carbocycles. The molecule has 0 aliphatic carbocycles. The Balaban J connectivity index is 2.26. The van der Waals surface area contributed by atoms with Crippen molar-refractivity contribution in [2.24, 2.45) is 0 Å². The highest BCUT2D eigenvalue weighted by atomic mass is 19.1. The predicted octanol–water partition coefficient (Wildman–Crippen LogP) is 3.45. The van der Waals surface area contributed by atoms with Gasteiger partial charge < -0.3 is 9.73 Å². The van der Waals surface area contributed by atoms with Crippen LogP contribution in [0.3, 0.4) is 0 Å². The number of rotatable bonds is 5. The Bertz CT molecular complexity index is 497. The maximum absolute atomic E-state index is 13.7. The van der Waals surface area contributed by atoms with Gasteiger partial charge in [0.2, 0.25) is 0 Å². The Morgan fingerprint density at radius 3 is 2.78 bits per heavy atom. The zero-order valence-electron chi connectivity index (χ0n) is 10.1. The summed E-state index contributed by atoms with van der Waals surface area (Å²) in [4.78, 5) is 0. The van der Waals surface area contributed by atoms with Gasteiger partial charge >= 0.3 is 0 Å².